The van der Waals surface area contributed by atoms with Gasteiger partial charge in [0.25, 0.3) is 0 Å². The Labute approximate surface area is 453 Å². The molecule has 3 aliphatic rings. The fourth-order valence-corrected chi connectivity index (χ4v) is 15.3. The van der Waals surface area contributed by atoms with E-state index in [1.807, 2.05) is 0 Å². The van der Waals surface area contributed by atoms with Gasteiger partial charge in [0.05, 0.1) is 10.8 Å². The molecule has 0 saturated heterocycles. The van der Waals surface area contributed by atoms with E-state index in [0.717, 1.165) is 0 Å². The maximum atomic E-state index is 2.64. The molecule has 0 fully saturated rings. The Balaban J connectivity index is 1.04. The number of hydrogen-bond acceptors (Lipinski definition) is 0. The minimum atomic E-state index is -0.680. The van der Waals surface area contributed by atoms with Crippen molar-refractivity contribution in [3.05, 3.63) is 336 Å². The summed E-state index contributed by atoms with van der Waals surface area (Å²) in [5.41, 5.74) is 24.4. The van der Waals surface area contributed by atoms with Crippen molar-refractivity contribution < 1.29 is 0 Å². The van der Waals surface area contributed by atoms with Gasteiger partial charge in [0, 0.05) is 0 Å². The van der Waals surface area contributed by atoms with Gasteiger partial charge < -0.3 is 0 Å². The van der Waals surface area contributed by atoms with Gasteiger partial charge in [0.1, 0.15) is 0 Å². The fourth-order valence-electron chi connectivity index (χ4n) is 15.3. The summed E-state index contributed by atoms with van der Waals surface area (Å²) in [5, 5.41) is 10.0. The molecule has 2 spiro atoms. The lowest BCUT2D eigenvalue weighted by Gasteiger charge is -2.49. The van der Waals surface area contributed by atoms with E-state index in [9.17, 15) is 0 Å². The van der Waals surface area contributed by atoms with Crippen molar-refractivity contribution >= 4 is 43.1 Å². The summed E-state index contributed by atoms with van der Waals surface area (Å²) in [6.45, 7) is 0. The Hall–Kier alpha value is -9.88. The number of fused-ring (bicyclic) bond motifs is 20. The molecule has 0 atom stereocenters. The van der Waals surface area contributed by atoms with E-state index < -0.39 is 10.8 Å². The zero-order valence-electron chi connectivity index (χ0n) is 42.7. The molecular formula is C78H48. The third-order valence-electron chi connectivity index (χ3n) is 18.1. The van der Waals surface area contributed by atoms with Crippen LogP contribution >= 0.6 is 0 Å². The van der Waals surface area contributed by atoms with E-state index in [2.05, 4.69) is 291 Å². The van der Waals surface area contributed by atoms with Crippen LogP contribution in [-0.4, -0.2) is 0 Å². The van der Waals surface area contributed by atoms with Gasteiger partial charge in [0.2, 0.25) is 0 Å². The SMILES string of the molecule is c1ccc(-c2c3ccccc3c(-c3ccc4c(c3)C3(c5ccccc5-c5ccccc53)c3ccc(-c5c6ccccc6c(-c6ccccc6)c6ccccc56)cc3C43c4ccccc4-c4ccccc43)c3ccccc23)cc1. The summed E-state index contributed by atoms with van der Waals surface area (Å²) in [6.07, 6.45) is 0. The molecule has 17 rings (SSSR count). The van der Waals surface area contributed by atoms with Crippen LogP contribution in [0.15, 0.2) is 291 Å². The Morgan fingerprint density at radius 1 is 0.154 bits per heavy atom. The quantitative estimate of drug-likeness (QED) is 0.154. The predicted molar refractivity (Wildman–Crippen MR) is 326 cm³/mol. The minimum Gasteiger partial charge on any atom is -0.0622 e. The molecule has 14 aromatic rings. The van der Waals surface area contributed by atoms with Crippen LogP contribution in [0.3, 0.4) is 0 Å². The van der Waals surface area contributed by atoms with Crippen molar-refractivity contribution in [1.82, 2.24) is 0 Å². The summed E-state index contributed by atoms with van der Waals surface area (Å²) < 4.78 is 0. The molecule has 0 saturated carbocycles. The van der Waals surface area contributed by atoms with Gasteiger partial charge in [0.15, 0.2) is 0 Å². The number of rotatable bonds is 4. The Morgan fingerprint density at radius 2 is 0.385 bits per heavy atom. The molecule has 0 heteroatoms. The standard InChI is InChI=1S/C78H48/c1-3-23-49(24-4-1)73-57-31-7-11-35-61(57)75(62-36-12-8-32-58(62)73)51-43-45-69-71(47-51)77(65-39-19-15-27-53(65)54-28-16-20-40-66(54)77)70-46-44-52(48-72(70)78(69)67-41-21-17-29-55(67)56-30-18-22-42-68(56)78)76-63-37-13-9-33-59(63)74(50-25-5-2-6-26-50)60-34-10-14-38-64(60)76/h1-48H. The summed E-state index contributed by atoms with van der Waals surface area (Å²) >= 11 is 0. The van der Waals surface area contributed by atoms with Gasteiger partial charge >= 0.3 is 0 Å². The third kappa shape index (κ3) is 5.58. The largest absolute Gasteiger partial charge is 0.0720 e. The first-order valence-corrected chi connectivity index (χ1v) is 27.4. The highest BCUT2D eigenvalue weighted by Gasteiger charge is 2.59. The van der Waals surface area contributed by atoms with Gasteiger partial charge in [-0.05, 0) is 166 Å². The summed E-state index contributed by atoms with van der Waals surface area (Å²) in [5.74, 6) is 0. The van der Waals surface area contributed by atoms with Crippen molar-refractivity contribution in [2.45, 2.75) is 10.8 Å². The first-order valence-electron chi connectivity index (χ1n) is 27.4. The summed E-state index contributed by atoms with van der Waals surface area (Å²) in [6, 6.07) is 111. The van der Waals surface area contributed by atoms with E-state index >= 15 is 0 Å². The molecule has 3 aliphatic carbocycles. The molecule has 0 N–H and O–H groups in total. The first kappa shape index (κ1) is 43.4. The van der Waals surface area contributed by atoms with E-state index in [1.54, 1.807) is 0 Å². The maximum Gasteiger partial charge on any atom is 0.0720 e. The minimum absolute atomic E-state index is 0.680. The molecule has 14 aromatic carbocycles. The normalized spacial score (nSPS) is 13.8. The molecule has 0 aromatic heterocycles. The second kappa shape index (κ2) is 16.3. The smallest absolute Gasteiger partial charge is 0.0622 e. The van der Waals surface area contributed by atoms with Crippen LogP contribution in [0.1, 0.15) is 44.5 Å². The van der Waals surface area contributed by atoms with Gasteiger partial charge in [-0.25, -0.2) is 0 Å². The molecular weight excluding hydrogens is 937 g/mol. The van der Waals surface area contributed by atoms with Crippen molar-refractivity contribution in [1.29, 1.82) is 0 Å². The molecule has 360 valence electrons. The Kier molecular flexibility index (Phi) is 9.07. The molecule has 0 bridgehead atoms. The van der Waals surface area contributed by atoms with Crippen molar-refractivity contribution in [2.24, 2.45) is 0 Å². The van der Waals surface area contributed by atoms with Gasteiger partial charge in [-0.2, -0.15) is 0 Å². The highest BCUT2D eigenvalue weighted by atomic mass is 14.6. The van der Waals surface area contributed by atoms with Crippen LogP contribution in [-0.2, 0) is 10.8 Å². The zero-order chi connectivity index (χ0) is 51.1. The van der Waals surface area contributed by atoms with Crippen LogP contribution in [0.4, 0.5) is 0 Å². The van der Waals surface area contributed by atoms with Crippen LogP contribution in [0.5, 0.6) is 0 Å². The van der Waals surface area contributed by atoms with E-state index in [0.29, 0.717) is 0 Å². The number of benzene rings is 14. The Bertz CT molecular complexity index is 4330. The first-order chi connectivity index (χ1) is 38.7. The zero-order valence-corrected chi connectivity index (χ0v) is 42.7. The average Bonchev–Trinajstić information content (AvgIpc) is 2.32. The molecule has 0 radical (unpaired) electrons. The summed E-state index contributed by atoms with van der Waals surface area (Å²) in [7, 11) is 0. The van der Waals surface area contributed by atoms with Crippen molar-refractivity contribution in [3.63, 3.8) is 0 Å². The van der Waals surface area contributed by atoms with Gasteiger partial charge in [-0.3, -0.25) is 0 Å². The van der Waals surface area contributed by atoms with Crippen LogP contribution in [0, 0.1) is 0 Å². The Morgan fingerprint density at radius 3 is 0.667 bits per heavy atom. The second-order valence-corrected chi connectivity index (χ2v) is 21.6. The second-order valence-electron chi connectivity index (χ2n) is 21.6. The molecule has 0 nitrogen and oxygen atoms in total. The van der Waals surface area contributed by atoms with E-state index in [1.165, 1.54) is 154 Å². The lowest BCUT2D eigenvalue weighted by Crippen LogP contribution is -2.44. The van der Waals surface area contributed by atoms with Crippen molar-refractivity contribution in [2.75, 3.05) is 0 Å². The lowest BCUT2D eigenvalue weighted by atomic mass is 9.52. The molecule has 78 heavy (non-hydrogen) atoms. The molecule has 0 amide bonds. The van der Waals surface area contributed by atoms with Gasteiger partial charge in [-0.1, -0.05) is 279 Å². The third-order valence-corrected chi connectivity index (χ3v) is 18.1. The van der Waals surface area contributed by atoms with Crippen molar-refractivity contribution in [3.8, 4) is 66.8 Å². The maximum absolute atomic E-state index is 2.64. The predicted octanol–water partition coefficient (Wildman–Crippen LogP) is 20.0. The average molecular weight is 985 g/mol. The van der Waals surface area contributed by atoms with Crippen LogP contribution < -0.4 is 0 Å². The number of hydrogen-bond donors (Lipinski definition) is 0. The lowest BCUT2D eigenvalue weighted by molar-refractivity contribution is 0.633. The van der Waals surface area contributed by atoms with E-state index in [-0.39, 0.29) is 0 Å². The van der Waals surface area contributed by atoms with Crippen LogP contribution in [0.2, 0.25) is 0 Å². The topological polar surface area (TPSA) is 0 Å². The van der Waals surface area contributed by atoms with Gasteiger partial charge in [-0.15, -0.1) is 0 Å². The highest BCUT2D eigenvalue weighted by Crippen LogP contribution is 2.68. The van der Waals surface area contributed by atoms with E-state index in [4.69, 9.17) is 0 Å². The van der Waals surface area contributed by atoms with Crippen LogP contribution in [0.25, 0.3) is 110 Å². The highest BCUT2D eigenvalue weighted by molar-refractivity contribution is 6.23. The monoisotopic (exact) mass is 984 g/mol. The summed E-state index contributed by atoms with van der Waals surface area (Å²) in [4.78, 5) is 0. The fraction of sp³-hybridized carbons (Fsp3) is 0.0256. The molecule has 0 unspecified atom stereocenters. The molecule has 0 heterocycles. The molecule has 0 aliphatic heterocycles.